The summed E-state index contributed by atoms with van der Waals surface area (Å²) in [4.78, 5) is 3.69. The van der Waals surface area contributed by atoms with Gasteiger partial charge in [0, 0.05) is 18.8 Å². The molecule has 0 amide bonds. The molecule has 0 aliphatic rings. The molecule has 0 fully saturated rings. The first kappa shape index (κ1) is 15.0. The van der Waals surface area contributed by atoms with Gasteiger partial charge >= 0.3 is 6.18 Å². The molecule has 102 valence electrons. The molecular weight excluding hydrogens is 269 g/mol. The topological polar surface area (TPSA) is 34.1 Å². The van der Waals surface area contributed by atoms with Crippen LogP contribution in [0.2, 0.25) is 5.02 Å². The lowest BCUT2D eigenvalue weighted by Gasteiger charge is -2.10. The van der Waals surface area contributed by atoms with Gasteiger partial charge in [-0.25, -0.2) is 4.98 Å². The third-order valence-corrected chi connectivity index (χ3v) is 2.38. The van der Waals surface area contributed by atoms with Crippen LogP contribution in [0, 0.1) is 0 Å². The number of alkyl halides is 3. The highest BCUT2D eigenvalue weighted by molar-refractivity contribution is 6.31. The van der Waals surface area contributed by atoms with Crippen LogP contribution in [0.5, 0.6) is 5.88 Å². The number of pyridine rings is 1. The fourth-order valence-corrected chi connectivity index (χ4v) is 1.40. The maximum absolute atomic E-state index is 12.0. The molecule has 0 radical (unpaired) electrons. The number of nitrogens with one attached hydrogen (secondary N) is 1. The summed E-state index contributed by atoms with van der Waals surface area (Å²) < 4.78 is 40.5. The van der Waals surface area contributed by atoms with Gasteiger partial charge in [-0.15, -0.1) is 0 Å². The number of nitrogens with zero attached hydrogens (tertiary/aromatic N) is 1. The van der Waals surface area contributed by atoms with Gasteiger partial charge in [0.25, 0.3) is 0 Å². The van der Waals surface area contributed by atoms with Gasteiger partial charge < -0.3 is 10.1 Å². The zero-order valence-corrected chi connectivity index (χ0v) is 10.6. The van der Waals surface area contributed by atoms with E-state index in [2.05, 4.69) is 15.0 Å². The minimum absolute atomic E-state index is 0.0787. The van der Waals surface area contributed by atoms with Crippen molar-refractivity contribution >= 4 is 11.6 Å². The summed E-state index contributed by atoms with van der Waals surface area (Å²) in [6.07, 6.45) is -2.13. The quantitative estimate of drug-likeness (QED) is 0.814. The predicted molar refractivity (Wildman–Crippen MR) is 62.8 cm³/mol. The second-order valence-corrected chi connectivity index (χ2v) is 4.10. The summed E-state index contributed by atoms with van der Waals surface area (Å²) >= 11 is 5.88. The van der Waals surface area contributed by atoms with E-state index < -0.39 is 12.8 Å². The summed E-state index contributed by atoms with van der Waals surface area (Å²) in [5, 5.41) is 3.50. The van der Waals surface area contributed by atoms with E-state index in [9.17, 15) is 13.2 Å². The first-order valence-electron chi connectivity index (χ1n) is 5.47. The van der Waals surface area contributed by atoms with E-state index >= 15 is 0 Å². The molecule has 0 aliphatic carbocycles. The Morgan fingerprint density at radius 2 is 2.17 bits per heavy atom. The van der Waals surface area contributed by atoms with Crippen molar-refractivity contribution in [3.05, 3.63) is 22.8 Å². The Bertz CT molecular complexity index is 385. The Balaban J connectivity index is 2.62. The van der Waals surface area contributed by atoms with Crippen LogP contribution in [-0.4, -0.2) is 24.3 Å². The van der Waals surface area contributed by atoms with E-state index in [1.54, 1.807) is 0 Å². The molecule has 0 bridgehead atoms. The molecule has 0 atom stereocenters. The van der Waals surface area contributed by atoms with Crippen LogP contribution < -0.4 is 10.1 Å². The van der Waals surface area contributed by atoms with Gasteiger partial charge in [0.2, 0.25) is 5.88 Å². The average Bonchev–Trinajstić information content (AvgIpc) is 2.29. The number of ether oxygens (including phenoxy) is 1. The van der Waals surface area contributed by atoms with Crippen molar-refractivity contribution in [1.29, 1.82) is 0 Å². The molecule has 0 spiro atoms. The monoisotopic (exact) mass is 282 g/mol. The minimum Gasteiger partial charge on any atom is -0.468 e. The number of rotatable bonds is 6. The van der Waals surface area contributed by atoms with Gasteiger partial charge in [0.1, 0.15) is 0 Å². The minimum atomic E-state index is -4.37. The molecule has 1 aromatic rings. The van der Waals surface area contributed by atoms with Crippen LogP contribution in [0.4, 0.5) is 13.2 Å². The van der Waals surface area contributed by atoms with Crippen molar-refractivity contribution in [2.45, 2.75) is 26.1 Å². The first-order chi connectivity index (χ1) is 8.42. The number of aromatic nitrogens is 1. The molecule has 0 aromatic carbocycles. The highest BCUT2D eigenvalue weighted by atomic mass is 35.5. The molecule has 1 rings (SSSR count). The number of halogens is 4. The Morgan fingerprint density at radius 1 is 1.44 bits per heavy atom. The van der Waals surface area contributed by atoms with Crippen LogP contribution in [0.1, 0.15) is 18.9 Å². The van der Waals surface area contributed by atoms with Crippen LogP contribution in [0.25, 0.3) is 0 Å². The summed E-state index contributed by atoms with van der Waals surface area (Å²) in [6, 6.07) is 1.41. The van der Waals surface area contributed by atoms with Crippen molar-refractivity contribution in [3.63, 3.8) is 0 Å². The van der Waals surface area contributed by atoms with Crippen molar-refractivity contribution < 1.29 is 17.9 Å². The van der Waals surface area contributed by atoms with E-state index in [0.717, 1.165) is 13.0 Å². The second-order valence-electron chi connectivity index (χ2n) is 3.69. The van der Waals surface area contributed by atoms with E-state index in [-0.39, 0.29) is 5.88 Å². The lowest BCUT2D eigenvalue weighted by atomic mass is 10.2. The first-order valence-corrected chi connectivity index (χ1v) is 5.85. The Morgan fingerprint density at radius 3 is 2.78 bits per heavy atom. The summed E-state index contributed by atoms with van der Waals surface area (Å²) in [5.74, 6) is -0.0787. The standard InChI is InChI=1S/C11H14ClF3N2O/c1-2-3-16-5-8-4-10(17-6-9(8)12)18-7-11(13,14)15/h4,6,16H,2-3,5,7H2,1H3. The fourth-order valence-electron chi connectivity index (χ4n) is 1.23. The van der Waals surface area contributed by atoms with Crippen molar-refractivity contribution in [1.82, 2.24) is 10.3 Å². The maximum Gasteiger partial charge on any atom is 0.422 e. The van der Waals surface area contributed by atoms with E-state index in [1.165, 1.54) is 12.3 Å². The third-order valence-electron chi connectivity index (χ3n) is 2.04. The SMILES string of the molecule is CCCNCc1cc(OCC(F)(F)F)ncc1Cl. The third kappa shape index (κ3) is 5.55. The largest absolute Gasteiger partial charge is 0.468 e. The van der Waals surface area contributed by atoms with Crippen molar-refractivity contribution in [2.75, 3.05) is 13.2 Å². The molecule has 0 unspecified atom stereocenters. The second kappa shape index (κ2) is 6.80. The number of hydrogen-bond donors (Lipinski definition) is 1. The van der Waals surface area contributed by atoms with Gasteiger partial charge in [-0.05, 0) is 18.5 Å². The van der Waals surface area contributed by atoms with Crippen LogP contribution >= 0.6 is 11.6 Å². The summed E-state index contributed by atoms with van der Waals surface area (Å²) in [5.41, 5.74) is 0.664. The van der Waals surface area contributed by atoms with Gasteiger partial charge in [0.05, 0.1) is 5.02 Å². The van der Waals surface area contributed by atoms with Gasteiger partial charge in [-0.1, -0.05) is 18.5 Å². The van der Waals surface area contributed by atoms with Crippen LogP contribution in [-0.2, 0) is 6.54 Å². The molecule has 1 aromatic heterocycles. The summed E-state index contributed by atoms with van der Waals surface area (Å²) in [6.45, 7) is 1.93. The van der Waals surface area contributed by atoms with Gasteiger partial charge in [0.15, 0.2) is 6.61 Å². The number of hydrogen-bond acceptors (Lipinski definition) is 3. The Labute approximate surface area is 108 Å². The van der Waals surface area contributed by atoms with Crippen molar-refractivity contribution in [2.24, 2.45) is 0 Å². The zero-order valence-electron chi connectivity index (χ0n) is 9.85. The molecule has 3 nitrogen and oxygen atoms in total. The van der Waals surface area contributed by atoms with E-state index in [1.807, 2.05) is 6.92 Å². The van der Waals surface area contributed by atoms with E-state index in [4.69, 9.17) is 11.6 Å². The van der Waals surface area contributed by atoms with Crippen molar-refractivity contribution in [3.8, 4) is 5.88 Å². The normalized spacial score (nSPS) is 11.6. The van der Waals surface area contributed by atoms with Crippen LogP contribution in [0.3, 0.4) is 0 Å². The van der Waals surface area contributed by atoms with Crippen LogP contribution in [0.15, 0.2) is 12.3 Å². The molecule has 18 heavy (non-hydrogen) atoms. The molecule has 0 aliphatic heterocycles. The fraction of sp³-hybridized carbons (Fsp3) is 0.545. The van der Waals surface area contributed by atoms with Gasteiger partial charge in [-0.2, -0.15) is 13.2 Å². The molecule has 1 heterocycles. The lowest BCUT2D eigenvalue weighted by Crippen LogP contribution is -2.20. The molecule has 0 saturated carbocycles. The molecular formula is C11H14ClF3N2O. The molecule has 7 heteroatoms. The summed E-state index contributed by atoms with van der Waals surface area (Å²) in [7, 11) is 0. The maximum atomic E-state index is 12.0. The van der Waals surface area contributed by atoms with E-state index in [0.29, 0.717) is 17.1 Å². The predicted octanol–water partition coefficient (Wildman–Crippen LogP) is 3.18. The lowest BCUT2D eigenvalue weighted by molar-refractivity contribution is -0.154. The molecule has 1 N–H and O–H groups in total. The smallest absolute Gasteiger partial charge is 0.422 e. The van der Waals surface area contributed by atoms with Gasteiger partial charge in [-0.3, -0.25) is 0 Å². The average molecular weight is 283 g/mol. The Hall–Kier alpha value is -1.01. The highest BCUT2D eigenvalue weighted by Gasteiger charge is 2.28. The Kier molecular flexibility index (Phi) is 5.68. The highest BCUT2D eigenvalue weighted by Crippen LogP contribution is 2.21. The molecule has 0 saturated heterocycles. The zero-order chi connectivity index (χ0) is 13.6.